The van der Waals surface area contributed by atoms with E-state index in [0.29, 0.717) is 24.1 Å². The van der Waals surface area contributed by atoms with Gasteiger partial charge in [-0.15, -0.1) is 0 Å². The second-order valence-corrected chi connectivity index (χ2v) is 7.85. The normalized spacial score (nSPS) is 12.3. The number of hydrogen-bond acceptors (Lipinski definition) is 4. The van der Waals surface area contributed by atoms with Crippen LogP contribution in [0.15, 0.2) is 48.5 Å². The van der Waals surface area contributed by atoms with Gasteiger partial charge in [-0.1, -0.05) is 30.3 Å². The minimum Gasteiger partial charge on any atom is -0.497 e. The fourth-order valence-electron chi connectivity index (χ4n) is 2.64. The van der Waals surface area contributed by atoms with E-state index in [1.165, 1.54) is 0 Å². The first-order chi connectivity index (χ1) is 12.3. The van der Waals surface area contributed by atoms with Gasteiger partial charge in [0.25, 0.3) is 0 Å². The molecule has 6 nitrogen and oxygen atoms in total. The maximum Gasteiger partial charge on any atom is 0.229 e. The summed E-state index contributed by atoms with van der Waals surface area (Å²) in [5.74, 6) is 0.659. The number of ether oxygens (including phenoxy) is 1. The van der Waals surface area contributed by atoms with Crippen molar-refractivity contribution < 1.29 is 17.9 Å². The average Bonchev–Trinajstić information content (AvgIpc) is 2.59. The first-order valence-corrected chi connectivity index (χ1v) is 10.2. The van der Waals surface area contributed by atoms with Gasteiger partial charge in [-0.3, -0.25) is 9.52 Å². The van der Waals surface area contributed by atoms with Crippen molar-refractivity contribution >= 4 is 21.6 Å². The summed E-state index contributed by atoms with van der Waals surface area (Å²) in [5, 5.41) is 2.92. The number of hydrogen-bond donors (Lipinski definition) is 2. The van der Waals surface area contributed by atoms with E-state index in [1.54, 1.807) is 25.3 Å². The molecule has 1 atom stereocenters. The van der Waals surface area contributed by atoms with Crippen LogP contribution in [0.1, 0.15) is 30.5 Å². The fourth-order valence-corrected chi connectivity index (χ4v) is 3.23. The van der Waals surface area contributed by atoms with Crippen molar-refractivity contribution in [2.75, 3.05) is 18.1 Å². The van der Waals surface area contributed by atoms with Gasteiger partial charge in [-0.05, 0) is 42.7 Å². The molecule has 2 aromatic carbocycles. The minimum atomic E-state index is -3.39. The Morgan fingerprint density at radius 3 is 2.58 bits per heavy atom. The summed E-state index contributed by atoms with van der Waals surface area (Å²) in [6, 6.07) is 14.3. The van der Waals surface area contributed by atoms with E-state index in [4.69, 9.17) is 4.74 Å². The zero-order chi connectivity index (χ0) is 19.2. The summed E-state index contributed by atoms with van der Waals surface area (Å²) >= 11 is 0. The second-order valence-electron chi connectivity index (χ2n) is 6.10. The van der Waals surface area contributed by atoms with Crippen molar-refractivity contribution in [2.45, 2.75) is 25.8 Å². The third-order valence-corrected chi connectivity index (χ3v) is 4.47. The molecule has 7 heteroatoms. The Balaban J connectivity index is 1.98. The van der Waals surface area contributed by atoms with E-state index in [0.717, 1.165) is 17.6 Å². The lowest BCUT2D eigenvalue weighted by atomic mass is 10.1. The Morgan fingerprint density at radius 2 is 1.88 bits per heavy atom. The van der Waals surface area contributed by atoms with Crippen LogP contribution < -0.4 is 14.8 Å². The summed E-state index contributed by atoms with van der Waals surface area (Å²) in [7, 11) is -1.78. The largest absolute Gasteiger partial charge is 0.497 e. The summed E-state index contributed by atoms with van der Waals surface area (Å²) in [6.45, 7) is 1.83. The first kappa shape index (κ1) is 19.8. The predicted molar refractivity (Wildman–Crippen MR) is 103 cm³/mol. The highest BCUT2D eigenvalue weighted by molar-refractivity contribution is 7.92. The number of carbonyl (C=O) groups excluding carboxylic acids is 1. The van der Waals surface area contributed by atoms with Crippen LogP contribution in [0.4, 0.5) is 5.69 Å². The van der Waals surface area contributed by atoms with Crippen molar-refractivity contribution in [2.24, 2.45) is 0 Å². The lowest BCUT2D eigenvalue weighted by Gasteiger charge is -2.18. The maximum atomic E-state index is 12.3. The van der Waals surface area contributed by atoms with Gasteiger partial charge in [0.05, 0.1) is 25.1 Å². The van der Waals surface area contributed by atoms with Crippen molar-refractivity contribution in [3.8, 4) is 5.75 Å². The molecule has 0 aliphatic rings. The molecule has 1 amide bonds. The lowest BCUT2D eigenvalue weighted by Crippen LogP contribution is -2.27. The van der Waals surface area contributed by atoms with Crippen LogP contribution in [0.5, 0.6) is 5.75 Å². The SMILES string of the molecule is COc1cccc(CCC(=O)NC(C)c2ccccc2NS(C)(=O)=O)c1. The number of aryl methyl sites for hydroxylation is 1. The number of para-hydroxylation sites is 1. The predicted octanol–water partition coefficient (Wildman–Crippen LogP) is 2.88. The van der Waals surface area contributed by atoms with Crippen molar-refractivity contribution in [1.29, 1.82) is 0 Å². The molecule has 0 heterocycles. The van der Waals surface area contributed by atoms with Gasteiger partial charge in [0.1, 0.15) is 5.75 Å². The molecule has 0 aliphatic carbocycles. The number of rotatable bonds is 8. The van der Waals surface area contributed by atoms with Gasteiger partial charge in [-0.2, -0.15) is 0 Å². The highest BCUT2D eigenvalue weighted by Crippen LogP contribution is 2.23. The Bertz CT molecular complexity index is 865. The van der Waals surface area contributed by atoms with Crippen molar-refractivity contribution in [1.82, 2.24) is 5.32 Å². The van der Waals surface area contributed by atoms with Crippen LogP contribution >= 0.6 is 0 Å². The van der Waals surface area contributed by atoms with Crippen LogP contribution in [0.25, 0.3) is 0 Å². The Kier molecular flexibility index (Phi) is 6.63. The number of amides is 1. The van der Waals surface area contributed by atoms with Crippen LogP contribution in [0.2, 0.25) is 0 Å². The topological polar surface area (TPSA) is 84.5 Å². The Labute approximate surface area is 154 Å². The van der Waals surface area contributed by atoms with E-state index < -0.39 is 10.0 Å². The van der Waals surface area contributed by atoms with E-state index in [9.17, 15) is 13.2 Å². The molecule has 26 heavy (non-hydrogen) atoms. The lowest BCUT2D eigenvalue weighted by molar-refractivity contribution is -0.121. The van der Waals surface area contributed by atoms with E-state index in [2.05, 4.69) is 10.0 Å². The number of sulfonamides is 1. The van der Waals surface area contributed by atoms with Crippen LogP contribution in [0, 0.1) is 0 Å². The zero-order valence-corrected chi connectivity index (χ0v) is 16.0. The molecule has 0 radical (unpaired) electrons. The fraction of sp³-hybridized carbons (Fsp3) is 0.316. The van der Waals surface area contributed by atoms with Crippen LogP contribution in [-0.2, 0) is 21.2 Å². The molecule has 1 unspecified atom stereocenters. The molecule has 2 N–H and O–H groups in total. The summed E-state index contributed by atoms with van der Waals surface area (Å²) in [6.07, 6.45) is 2.03. The summed E-state index contributed by atoms with van der Waals surface area (Å²) < 4.78 is 30.7. The highest BCUT2D eigenvalue weighted by Gasteiger charge is 2.15. The minimum absolute atomic E-state index is 0.102. The Hall–Kier alpha value is -2.54. The molecule has 0 aliphatic heterocycles. The van der Waals surface area contributed by atoms with E-state index >= 15 is 0 Å². The number of anilines is 1. The summed E-state index contributed by atoms with van der Waals surface area (Å²) in [5.41, 5.74) is 2.20. The van der Waals surface area contributed by atoms with Crippen LogP contribution in [-0.4, -0.2) is 27.7 Å². The number of benzene rings is 2. The van der Waals surface area contributed by atoms with Gasteiger partial charge < -0.3 is 10.1 Å². The molecule has 0 saturated carbocycles. The molecular weight excluding hydrogens is 352 g/mol. The van der Waals surface area contributed by atoms with Crippen molar-refractivity contribution in [3.63, 3.8) is 0 Å². The molecule has 0 fully saturated rings. The molecule has 0 saturated heterocycles. The molecule has 0 spiro atoms. The molecular formula is C19H24N2O4S. The molecule has 2 aromatic rings. The summed E-state index contributed by atoms with van der Waals surface area (Å²) in [4.78, 5) is 12.3. The van der Waals surface area contributed by atoms with E-state index in [-0.39, 0.29) is 11.9 Å². The molecule has 140 valence electrons. The van der Waals surface area contributed by atoms with Crippen LogP contribution in [0.3, 0.4) is 0 Å². The van der Waals surface area contributed by atoms with Gasteiger partial charge in [0.2, 0.25) is 15.9 Å². The van der Waals surface area contributed by atoms with E-state index in [1.807, 2.05) is 37.3 Å². The zero-order valence-electron chi connectivity index (χ0n) is 15.2. The average molecular weight is 376 g/mol. The Morgan fingerprint density at radius 1 is 1.15 bits per heavy atom. The smallest absolute Gasteiger partial charge is 0.229 e. The highest BCUT2D eigenvalue weighted by atomic mass is 32.2. The van der Waals surface area contributed by atoms with Gasteiger partial charge >= 0.3 is 0 Å². The second kappa shape index (κ2) is 8.71. The third kappa shape index (κ3) is 6.07. The third-order valence-electron chi connectivity index (χ3n) is 3.88. The maximum absolute atomic E-state index is 12.3. The van der Waals surface area contributed by atoms with Gasteiger partial charge in [0.15, 0.2) is 0 Å². The number of carbonyl (C=O) groups is 1. The monoisotopic (exact) mass is 376 g/mol. The quantitative estimate of drug-likeness (QED) is 0.742. The molecule has 2 rings (SSSR count). The first-order valence-electron chi connectivity index (χ1n) is 8.27. The van der Waals surface area contributed by atoms with Gasteiger partial charge in [0, 0.05) is 6.42 Å². The number of methoxy groups -OCH3 is 1. The van der Waals surface area contributed by atoms with Gasteiger partial charge in [-0.25, -0.2) is 8.42 Å². The molecule has 0 bridgehead atoms. The standard InChI is InChI=1S/C19H24N2O4S/c1-14(17-9-4-5-10-18(17)21-26(3,23)24)20-19(22)12-11-15-7-6-8-16(13-15)25-2/h4-10,13-14,21H,11-12H2,1-3H3,(H,20,22). The molecule has 0 aromatic heterocycles. The van der Waals surface area contributed by atoms with Crippen molar-refractivity contribution in [3.05, 3.63) is 59.7 Å². The number of nitrogens with one attached hydrogen (secondary N) is 2.